The number of carbonyl (C=O) groups is 1. The molecule has 5 heteroatoms. The molecule has 0 aliphatic carbocycles. The summed E-state index contributed by atoms with van der Waals surface area (Å²) in [4.78, 5) is 18.6. The van der Waals surface area contributed by atoms with Gasteiger partial charge in [0, 0.05) is 18.9 Å². The Morgan fingerprint density at radius 2 is 1.74 bits per heavy atom. The third-order valence-electron chi connectivity index (χ3n) is 3.96. The van der Waals surface area contributed by atoms with E-state index in [0.29, 0.717) is 5.56 Å². The van der Waals surface area contributed by atoms with Crippen LogP contribution in [-0.4, -0.2) is 24.0 Å². The minimum Gasteiger partial charge on any atom is -0.489 e. The van der Waals surface area contributed by atoms with Crippen molar-refractivity contribution in [3.63, 3.8) is 0 Å². The Labute approximate surface area is 159 Å². The quantitative estimate of drug-likeness (QED) is 0.679. The van der Waals surface area contributed by atoms with Gasteiger partial charge in [-0.2, -0.15) is 0 Å². The first-order chi connectivity index (χ1) is 13.0. The van der Waals surface area contributed by atoms with Crippen molar-refractivity contribution in [1.29, 1.82) is 0 Å². The van der Waals surface area contributed by atoms with Gasteiger partial charge in [-0.15, -0.1) is 0 Å². The highest BCUT2D eigenvalue weighted by Gasteiger charge is 2.14. The number of hydrogen-bond donors (Lipinski definition) is 1. The van der Waals surface area contributed by atoms with Gasteiger partial charge >= 0.3 is 0 Å². The molecule has 0 radical (unpaired) electrons. The maximum absolute atomic E-state index is 12.8. The van der Waals surface area contributed by atoms with Crippen molar-refractivity contribution in [1.82, 2.24) is 4.98 Å². The maximum atomic E-state index is 12.8. The average Bonchev–Trinajstić information content (AvgIpc) is 2.69. The first-order valence-corrected chi connectivity index (χ1v) is 8.85. The van der Waals surface area contributed by atoms with Gasteiger partial charge in [-0.3, -0.25) is 9.78 Å². The summed E-state index contributed by atoms with van der Waals surface area (Å²) in [7, 11) is 1.75. The minimum atomic E-state index is -0.121. The average molecular weight is 361 g/mol. The van der Waals surface area contributed by atoms with Crippen molar-refractivity contribution in [2.24, 2.45) is 0 Å². The third-order valence-corrected chi connectivity index (χ3v) is 3.96. The van der Waals surface area contributed by atoms with Crippen molar-refractivity contribution in [3.05, 3.63) is 78.6 Å². The Bertz CT molecular complexity index is 910. The summed E-state index contributed by atoms with van der Waals surface area (Å²) in [5.74, 6) is 0.634. The van der Waals surface area contributed by atoms with E-state index in [9.17, 15) is 4.79 Å². The van der Waals surface area contributed by atoms with Crippen molar-refractivity contribution in [2.75, 3.05) is 17.3 Å². The topological polar surface area (TPSA) is 54.5 Å². The van der Waals surface area contributed by atoms with Crippen LogP contribution in [0, 0.1) is 0 Å². The van der Waals surface area contributed by atoms with E-state index in [-0.39, 0.29) is 12.0 Å². The Morgan fingerprint density at radius 3 is 2.48 bits per heavy atom. The van der Waals surface area contributed by atoms with Crippen molar-refractivity contribution >= 4 is 23.0 Å². The standard InChI is InChI=1S/C22H23N3O2/c1-16(2)27-21-12-8-7-11-20(21)24-18-13-17(14-23-15-18)22(26)25(3)19-9-5-4-6-10-19/h4-16,24H,1-3H3. The second-order valence-corrected chi connectivity index (χ2v) is 6.45. The zero-order valence-corrected chi connectivity index (χ0v) is 15.7. The zero-order valence-electron chi connectivity index (χ0n) is 15.7. The maximum Gasteiger partial charge on any atom is 0.259 e. The van der Waals surface area contributed by atoms with Gasteiger partial charge in [-0.05, 0) is 44.2 Å². The predicted molar refractivity (Wildman–Crippen MR) is 109 cm³/mol. The van der Waals surface area contributed by atoms with E-state index in [0.717, 1.165) is 22.8 Å². The summed E-state index contributed by atoms with van der Waals surface area (Å²) in [6.07, 6.45) is 3.33. The zero-order chi connectivity index (χ0) is 19.2. The first-order valence-electron chi connectivity index (χ1n) is 8.85. The van der Waals surface area contributed by atoms with Crippen LogP contribution in [0.3, 0.4) is 0 Å². The number of nitrogens with zero attached hydrogens (tertiary/aromatic N) is 2. The van der Waals surface area contributed by atoms with E-state index < -0.39 is 0 Å². The highest BCUT2D eigenvalue weighted by molar-refractivity contribution is 6.06. The molecule has 0 bridgehead atoms. The van der Waals surface area contributed by atoms with Gasteiger partial charge in [0.15, 0.2) is 0 Å². The SMILES string of the molecule is CC(C)Oc1ccccc1Nc1cncc(C(=O)N(C)c2ccccc2)c1. The summed E-state index contributed by atoms with van der Waals surface area (Å²) >= 11 is 0. The number of benzene rings is 2. The normalized spacial score (nSPS) is 10.5. The molecule has 138 valence electrons. The summed E-state index contributed by atoms with van der Waals surface area (Å²) in [6.45, 7) is 3.97. The van der Waals surface area contributed by atoms with E-state index >= 15 is 0 Å². The molecule has 5 nitrogen and oxygen atoms in total. The largest absolute Gasteiger partial charge is 0.489 e. The second kappa shape index (κ2) is 8.36. The predicted octanol–water partition coefficient (Wildman–Crippen LogP) is 4.89. The van der Waals surface area contributed by atoms with Crippen molar-refractivity contribution in [2.45, 2.75) is 20.0 Å². The summed E-state index contributed by atoms with van der Waals surface area (Å²) < 4.78 is 5.83. The lowest BCUT2D eigenvalue weighted by atomic mass is 10.2. The lowest BCUT2D eigenvalue weighted by Gasteiger charge is -2.18. The van der Waals surface area contributed by atoms with Crippen molar-refractivity contribution < 1.29 is 9.53 Å². The molecule has 1 heterocycles. The molecule has 2 aromatic carbocycles. The number of nitrogens with one attached hydrogen (secondary N) is 1. The third kappa shape index (κ3) is 4.64. The van der Waals surface area contributed by atoms with Crippen LogP contribution in [0.2, 0.25) is 0 Å². The van der Waals surface area contributed by atoms with Crippen LogP contribution >= 0.6 is 0 Å². The van der Waals surface area contributed by atoms with Gasteiger partial charge in [0.05, 0.1) is 29.2 Å². The molecule has 1 aromatic heterocycles. The van der Waals surface area contributed by atoms with Crippen LogP contribution in [-0.2, 0) is 0 Å². The molecule has 1 amide bonds. The van der Waals surface area contributed by atoms with Crippen LogP contribution in [0.1, 0.15) is 24.2 Å². The first kappa shape index (κ1) is 18.5. The fraction of sp³-hybridized carbons (Fsp3) is 0.182. The number of para-hydroxylation sites is 3. The van der Waals surface area contributed by atoms with Crippen LogP contribution in [0.25, 0.3) is 0 Å². The van der Waals surface area contributed by atoms with Gasteiger partial charge in [0.1, 0.15) is 5.75 Å². The van der Waals surface area contributed by atoms with E-state index in [4.69, 9.17) is 4.74 Å². The molecule has 0 spiro atoms. The van der Waals surface area contributed by atoms with E-state index in [1.54, 1.807) is 30.4 Å². The van der Waals surface area contributed by atoms with Gasteiger partial charge in [-0.1, -0.05) is 30.3 Å². The Morgan fingerprint density at radius 1 is 1.04 bits per heavy atom. The lowest BCUT2D eigenvalue weighted by Crippen LogP contribution is -2.26. The highest BCUT2D eigenvalue weighted by Crippen LogP contribution is 2.28. The van der Waals surface area contributed by atoms with Crippen LogP contribution in [0.5, 0.6) is 5.75 Å². The smallest absolute Gasteiger partial charge is 0.259 e. The number of pyridine rings is 1. The number of carbonyl (C=O) groups excluding carboxylic acids is 1. The van der Waals surface area contributed by atoms with Gasteiger partial charge in [0.25, 0.3) is 5.91 Å². The Kier molecular flexibility index (Phi) is 5.71. The molecular weight excluding hydrogens is 338 g/mol. The fourth-order valence-corrected chi connectivity index (χ4v) is 2.67. The van der Waals surface area contributed by atoms with Crippen LogP contribution in [0.15, 0.2) is 73.1 Å². The van der Waals surface area contributed by atoms with Gasteiger partial charge in [0.2, 0.25) is 0 Å². The van der Waals surface area contributed by atoms with Crippen molar-refractivity contribution in [3.8, 4) is 5.75 Å². The monoisotopic (exact) mass is 361 g/mol. The Balaban J connectivity index is 1.81. The fourth-order valence-electron chi connectivity index (χ4n) is 2.67. The molecule has 3 aromatic rings. The van der Waals surface area contributed by atoms with E-state index in [2.05, 4.69) is 10.3 Å². The lowest BCUT2D eigenvalue weighted by molar-refractivity contribution is 0.0992. The minimum absolute atomic E-state index is 0.0681. The molecule has 0 fully saturated rings. The van der Waals surface area contributed by atoms with Gasteiger partial charge in [-0.25, -0.2) is 0 Å². The molecular formula is C22H23N3O2. The number of hydrogen-bond acceptors (Lipinski definition) is 4. The Hall–Kier alpha value is -3.34. The molecule has 0 unspecified atom stereocenters. The summed E-state index contributed by atoms with van der Waals surface area (Å²) in [5, 5.41) is 3.29. The number of rotatable bonds is 6. The molecule has 3 rings (SSSR count). The van der Waals surface area contributed by atoms with Crippen LogP contribution in [0.4, 0.5) is 17.1 Å². The highest BCUT2D eigenvalue weighted by atomic mass is 16.5. The molecule has 0 aliphatic heterocycles. The molecule has 0 saturated carbocycles. The van der Waals surface area contributed by atoms with E-state index in [1.807, 2.05) is 68.4 Å². The number of aromatic nitrogens is 1. The molecule has 0 atom stereocenters. The number of amides is 1. The number of ether oxygens (including phenoxy) is 1. The van der Waals surface area contributed by atoms with Crippen LogP contribution < -0.4 is 15.0 Å². The summed E-state index contributed by atoms with van der Waals surface area (Å²) in [6, 6.07) is 19.0. The molecule has 27 heavy (non-hydrogen) atoms. The number of anilines is 3. The summed E-state index contributed by atoms with van der Waals surface area (Å²) in [5.41, 5.74) is 2.89. The molecule has 1 N–H and O–H groups in total. The molecule has 0 aliphatic rings. The van der Waals surface area contributed by atoms with E-state index in [1.165, 1.54) is 0 Å². The van der Waals surface area contributed by atoms with Gasteiger partial charge < -0.3 is 15.0 Å². The second-order valence-electron chi connectivity index (χ2n) is 6.45. The molecule has 0 saturated heterocycles.